The van der Waals surface area contributed by atoms with Gasteiger partial charge in [-0.1, -0.05) is 12.1 Å². The van der Waals surface area contributed by atoms with E-state index in [9.17, 15) is 15.2 Å². The molecule has 0 radical (unpaired) electrons. The van der Waals surface area contributed by atoms with Crippen molar-refractivity contribution >= 4 is 5.69 Å². The highest BCUT2D eigenvalue weighted by atomic mass is 16.6. The molecule has 6 nitrogen and oxygen atoms in total. The fraction of sp³-hybridized carbons (Fsp3) is 0.154. The molecule has 0 amide bonds. The molecule has 98 valence electrons. The smallest absolute Gasteiger partial charge is 0.311 e. The largest absolute Gasteiger partial charge is 0.449 e. The van der Waals surface area contributed by atoms with Crippen LogP contribution in [0.3, 0.4) is 0 Å². The minimum atomic E-state index is -0.667. The molecule has 2 aromatic rings. The van der Waals surface area contributed by atoms with Crippen LogP contribution in [0.5, 0.6) is 11.5 Å². The van der Waals surface area contributed by atoms with Crippen molar-refractivity contribution in [2.75, 3.05) is 0 Å². The monoisotopic (exact) mass is 260 g/mol. The van der Waals surface area contributed by atoms with E-state index in [2.05, 4.69) is 4.98 Å². The second-order valence-electron chi connectivity index (χ2n) is 3.92. The maximum absolute atomic E-state index is 10.8. The molecule has 1 aromatic heterocycles. The molecule has 1 N–H and O–H groups in total. The van der Waals surface area contributed by atoms with Crippen LogP contribution >= 0.6 is 0 Å². The molecule has 1 heterocycles. The lowest BCUT2D eigenvalue weighted by Gasteiger charge is -2.07. The molecule has 0 aliphatic heterocycles. The Hall–Kier alpha value is -2.47. The molecule has 0 bridgehead atoms. The maximum atomic E-state index is 10.8. The number of hydrogen-bond acceptors (Lipinski definition) is 5. The first kappa shape index (κ1) is 13.0. The zero-order valence-corrected chi connectivity index (χ0v) is 10.2. The lowest BCUT2D eigenvalue weighted by atomic mass is 10.2. The number of aliphatic hydroxyl groups is 1. The predicted molar refractivity (Wildman–Crippen MR) is 68.0 cm³/mol. The van der Waals surface area contributed by atoms with Crippen LogP contribution in [0.1, 0.15) is 18.7 Å². The van der Waals surface area contributed by atoms with Crippen LogP contribution in [0, 0.1) is 10.1 Å². The van der Waals surface area contributed by atoms with Crippen molar-refractivity contribution in [2.24, 2.45) is 0 Å². The SMILES string of the molecule is CC(O)c1ccc(Oc2ccccc2[N+](=O)[O-])cn1. The summed E-state index contributed by atoms with van der Waals surface area (Å²) in [5.74, 6) is 0.526. The van der Waals surface area contributed by atoms with Crippen LogP contribution in [0.25, 0.3) is 0 Å². The zero-order chi connectivity index (χ0) is 13.8. The number of aromatic nitrogens is 1. The summed E-state index contributed by atoms with van der Waals surface area (Å²) in [6.45, 7) is 1.60. The third-order valence-electron chi connectivity index (χ3n) is 2.48. The van der Waals surface area contributed by atoms with Gasteiger partial charge in [0.15, 0.2) is 0 Å². The van der Waals surface area contributed by atoms with E-state index in [4.69, 9.17) is 4.74 Å². The molecule has 2 rings (SSSR count). The van der Waals surface area contributed by atoms with Crippen molar-refractivity contribution < 1.29 is 14.8 Å². The third-order valence-corrected chi connectivity index (χ3v) is 2.48. The van der Waals surface area contributed by atoms with Crippen molar-refractivity contribution in [1.82, 2.24) is 4.98 Å². The van der Waals surface area contributed by atoms with Gasteiger partial charge >= 0.3 is 5.69 Å². The highest BCUT2D eigenvalue weighted by Gasteiger charge is 2.14. The molecule has 0 fully saturated rings. The van der Waals surface area contributed by atoms with E-state index in [-0.39, 0.29) is 11.4 Å². The molecule has 1 aromatic carbocycles. The molecule has 0 saturated carbocycles. The summed E-state index contributed by atoms with van der Waals surface area (Å²) in [5, 5.41) is 20.2. The molecule has 1 atom stereocenters. The number of nitro benzene ring substituents is 1. The van der Waals surface area contributed by atoms with E-state index in [1.54, 1.807) is 31.2 Å². The van der Waals surface area contributed by atoms with Crippen molar-refractivity contribution in [2.45, 2.75) is 13.0 Å². The first-order chi connectivity index (χ1) is 9.08. The second-order valence-corrected chi connectivity index (χ2v) is 3.92. The van der Waals surface area contributed by atoms with Gasteiger partial charge in [-0.25, -0.2) is 0 Å². The number of ether oxygens (including phenoxy) is 1. The van der Waals surface area contributed by atoms with Crippen LogP contribution in [0.15, 0.2) is 42.6 Å². The Kier molecular flexibility index (Phi) is 3.72. The molecular weight excluding hydrogens is 248 g/mol. The average Bonchev–Trinajstić information content (AvgIpc) is 2.39. The summed E-state index contributed by atoms with van der Waals surface area (Å²) in [6.07, 6.45) is 0.749. The summed E-state index contributed by atoms with van der Waals surface area (Å²) < 4.78 is 5.42. The first-order valence-corrected chi connectivity index (χ1v) is 5.63. The number of rotatable bonds is 4. The number of nitrogens with zero attached hydrogens (tertiary/aromatic N) is 2. The van der Waals surface area contributed by atoms with Crippen molar-refractivity contribution in [1.29, 1.82) is 0 Å². The van der Waals surface area contributed by atoms with Crippen LogP contribution in [0.4, 0.5) is 5.69 Å². The van der Waals surface area contributed by atoms with Crippen LogP contribution in [-0.4, -0.2) is 15.0 Å². The Morgan fingerprint density at radius 2 is 2.05 bits per heavy atom. The lowest BCUT2D eigenvalue weighted by molar-refractivity contribution is -0.385. The van der Waals surface area contributed by atoms with Gasteiger partial charge in [-0.3, -0.25) is 15.1 Å². The number of nitro groups is 1. The molecule has 1 unspecified atom stereocenters. The van der Waals surface area contributed by atoms with E-state index < -0.39 is 11.0 Å². The van der Waals surface area contributed by atoms with Gasteiger partial charge in [0.1, 0.15) is 5.75 Å². The van der Waals surface area contributed by atoms with Crippen LogP contribution < -0.4 is 4.74 Å². The second kappa shape index (κ2) is 5.45. The van der Waals surface area contributed by atoms with Crippen LogP contribution in [-0.2, 0) is 0 Å². The van der Waals surface area contributed by atoms with Gasteiger partial charge in [0.2, 0.25) is 5.75 Å². The third kappa shape index (κ3) is 3.05. The number of hydrogen-bond donors (Lipinski definition) is 1. The Balaban J connectivity index is 2.24. The fourth-order valence-corrected chi connectivity index (χ4v) is 1.52. The summed E-state index contributed by atoms with van der Waals surface area (Å²) in [6, 6.07) is 9.31. The standard InChI is InChI=1S/C13H12N2O4/c1-9(16)11-7-6-10(8-14-11)19-13-5-3-2-4-12(13)15(17)18/h2-9,16H,1H3. The fourth-order valence-electron chi connectivity index (χ4n) is 1.52. The van der Waals surface area contributed by atoms with Gasteiger partial charge in [-0.15, -0.1) is 0 Å². The van der Waals surface area contributed by atoms with E-state index in [0.29, 0.717) is 11.4 Å². The lowest BCUT2D eigenvalue weighted by Crippen LogP contribution is -1.96. The van der Waals surface area contributed by atoms with Crippen molar-refractivity contribution in [3.05, 3.63) is 58.4 Å². The van der Waals surface area contributed by atoms with Crippen molar-refractivity contribution in [3.63, 3.8) is 0 Å². The molecular formula is C13H12N2O4. The Labute approximate surface area is 109 Å². The molecule has 6 heteroatoms. The minimum Gasteiger partial charge on any atom is -0.449 e. The highest BCUT2D eigenvalue weighted by Crippen LogP contribution is 2.30. The topological polar surface area (TPSA) is 85.5 Å². The quantitative estimate of drug-likeness (QED) is 0.674. The van der Waals surface area contributed by atoms with Crippen LogP contribution in [0.2, 0.25) is 0 Å². The summed E-state index contributed by atoms with van der Waals surface area (Å²) in [4.78, 5) is 14.3. The van der Waals surface area contributed by atoms with Gasteiger partial charge in [-0.2, -0.15) is 0 Å². The first-order valence-electron chi connectivity index (χ1n) is 5.63. The number of para-hydroxylation sites is 2. The maximum Gasteiger partial charge on any atom is 0.311 e. The number of pyridine rings is 1. The summed E-state index contributed by atoms with van der Waals surface area (Å²) in [7, 11) is 0. The Morgan fingerprint density at radius 3 is 2.63 bits per heavy atom. The highest BCUT2D eigenvalue weighted by molar-refractivity contribution is 5.47. The van der Waals surface area contributed by atoms with E-state index in [1.165, 1.54) is 18.3 Å². The molecule has 0 spiro atoms. The molecule has 19 heavy (non-hydrogen) atoms. The average molecular weight is 260 g/mol. The Bertz CT molecular complexity index is 581. The molecule has 0 saturated heterocycles. The zero-order valence-electron chi connectivity index (χ0n) is 10.2. The van der Waals surface area contributed by atoms with E-state index in [1.807, 2.05) is 0 Å². The minimum absolute atomic E-state index is 0.109. The van der Waals surface area contributed by atoms with Gasteiger partial charge < -0.3 is 9.84 Å². The van der Waals surface area contributed by atoms with Gasteiger partial charge in [0.05, 0.1) is 22.9 Å². The normalized spacial score (nSPS) is 11.9. The van der Waals surface area contributed by atoms with Gasteiger partial charge in [0.25, 0.3) is 0 Å². The molecule has 0 aliphatic rings. The summed E-state index contributed by atoms with van der Waals surface area (Å²) in [5.41, 5.74) is 0.400. The number of benzene rings is 1. The molecule has 0 aliphatic carbocycles. The van der Waals surface area contributed by atoms with Crippen molar-refractivity contribution in [3.8, 4) is 11.5 Å². The predicted octanol–water partition coefficient (Wildman–Crippen LogP) is 2.84. The van der Waals surface area contributed by atoms with Gasteiger partial charge in [-0.05, 0) is 25.1 Å². The van der Waals surface area contributed by atoms with E-state index in [0.717, 1.165) is 0 Å². The Morgan fingerprint density at radius 1 is 1.32 bits per heavy atom. The van der Waals surface area contributed by atoms with E-state index >= 15 is 0 Å². The van der Waals surface area contributed by atoms with Gasteiger partial charge in [0, 0.05) is 6.07 Å². The summed E-state index contributed by atoms with van der Waals surface area (Å²) >= 11 is 0. The number of aliphatic hydroxyl groups excluding tert-OH is 1.